The van der Waals surface area contributed by atoms with Crippen molar-refractivity contribution in [1.82, 2.24) is 9.88 Å². The molecule has 8 atom stereocenters. The summed E-state index contributed by atoms with van der Waals surface area (Å²) >= 11 is 0. The van der Waals surface area contributed by atoms with Crippen LogP contribution in [0.15, 0.2) is 40.9 Å². The Morgan fingerprint density at radius 2 is 1.89 bits per heavy atom. The molecular formula is C44H54FN3O9. The third kappa shape index (κ3) is 6.25. The number of halogens is 1. The Morgan fingerprint density at radius 3 is 2.60 bits per heavy atom. The zero-order valence-electron chi connectivity index (χ0n) is 33.5. The lowest BCUT2D eigenvalue weighted by Gasteiger charge is -2.59. The number of aliphatic hydroxyl groups is 1. The number of piperazine rings is 1. The van der Waals surface area contributed by atoms with Gasteiger partial charge in [-0.1, -0.05) is 32.4 Å². The quantitative estimate of drug-likeness (QED) is 0.299. The maximum absolute atomic E-state index is 16.1. The van der Waals surface area contributed by atoms with Crippen molar-refractivity contribution in [1.29, 1.82) is 0 Å². The highest BCUT2D eigenvalue weighted by Gasteiger charge is 2.70. The number of hydrogen-bond acceptors (Lipinski definition) is 11. The third-order valence-corrected chi connectivity index (χ3v) is 14.4. The molecule has 1 saturated heterocycles. The van der Waals surface area contributed by atoms with E-state index in [2.05, 4.69) is 12.2 Å². The Morgan fingerprint density at radius 1 is 1.12 bits per heavy atom. The number of ketones is 2. The number of benzene rings is 1. The van der Waals surface area contributed by atoms with Crippen molar-refractivity contribution in [2.45, 2.75) is 109 Å². The first-order valence-corrected chi connectivity index (χ1v) is 20.7. The average molecular weight is 788 g/mol. The summed E-state index contributed by atoms with van der Waals surface area (Å²) in [6.07, 6.45) is 10.2. The largest absolute Gasteiger partial charge is 0.492 e. The number of anilines is 1. The molecule has 4 saturated carbocycles. The van der Waals surface area contributed by atoms with E-state index in [0.717, 1.165) is 24.5 Å². The SMILES string of the molecule is CCCC(=O)O[C@@]1(C(=O)COC(=O)c2cn(C3CC3)c3c(OC)c(N4CCNC(C)C4)c(F)cc3c2=O)CC[C@@H]2[C@H]3CCC4=CC(=O)C=C[C@@]4(C)C3[C@H](O)C[C@]21C. The first kappa shape index (κ1) is 39.5. The number of ether oxygens (including phenoxy) is 3. The summed E-state index contributed by atoms with van der Waals surface area (Å²) in [6, 6.07) is 1.23. The molecule has 6 aliphatic rings. The molecule has 306 valence electrons. The topological polar surface area (TPSA) is 153 Å². The van der Waals surface area contributed by atoms with E-state index < -0.39 is 58.1 Å². The number of aromatic nitrogens is 1. The normalized spacial score (nSPS) is 33.2. The van der Waals surface area contributed by atoms with Crippen LogP contribution in [0.2, 0.25) is 0 Å². The molecule has 2 aromatic rings. The van der Waals surface area contributed by atoms with Crippen LogP contribution >= 0.6 is 0 Å². The number of pyridine rings is 1. The van der Waals surface area contributed by atoms with E-state index in [4.69, 9.17) is 14.2 Å². The number of aliphatic hydroxyl groups excluding tert-OH is 1. The van der Waals surface area contributed by atoms with Gasteiger partial charge in [0.1, 0.15) is 11.3 Å². The number of nitrogens with one attached hydrogen (secondary N) is 1. The van der Waals surface area contributed by atoms with Gasteiger partial charge in [0.25, 0.3) is 0 Å². The number of nitrogens with zero attached hydrogens (tertiary/aromatic N) is 2. The van der Waals surface area contributed by atoms with Crippen LogP contribution < -0.4 is 20.4 Å². The summed E-state index contributed by atoms with van der Waals surface area (Å²) in [4.78, 5) is 70.2. The zero-order valence-corrected chi connectivity index (χ0v) is 33.5. The Kier molecular flexibility index (Phi) is 10.0. The smallest absolute Gasteiger partial charge is 0.344 e. The van der Waals surface area contributed by atoms with Crippen molar-refractivity contribution in [3.8, 4) is 5.75 Å². The predicted octanol–water partition coefficient (Wildman–Crippen LogP) is 5.37. The number of allylic oxidation sites excluding steroid dienone is 4. The predicted molar refractivity (Wildman–Crippen MR) is 210 cm³/mol. The number of fused-ring (bicyclic) bond motifs is 6. The summed E-state index contributed by atoms with van der Waals surface area (Å²) in [6.45, 7) is 8.80. The van der Waals surface area contributed by atoms with E-state index in [0.29, 0.717) is 50.8 Å². The molecule has 8 rings (SSSR count). The standard InChI is InChI=1S/C44H54FN3O9/c1-6-7-35(52)57-44(15-13-31-28-11-8-25-18-27(49)12-14-42(25,3)36(28)33(50)20-43(31,44)4)34(51)23-56-41(54)30-22-48(26-9-10-26)37-29(39(30)53)19-32(45)38(40(37)55-5)47-17-16-46-24(2)21-47/h12,14,18-19,22,24,26,28,31,33,36,46,50H,6-11,13,15-17,20-21,23H2,1-5H3/t24?,28-,31-,33-,36?,42-,43-,44-/m1/s1. The third-order valence-electron chi connectivity index (χ3n) is 14.4. The lowest BCUT2D eigenvalue weighted by Crippen LogP contribution is -2.63. The summed E-state index contributed by atoms with van der Waals surface area (Å²) in [5.41, 5.74) is -2.60. The fourth-order valence-corrected chi connectivity index (χ4v) is 11.6. The van der Waals surface area contributed by atoms with Gasteiger partial charge in [-0.3, -0.25) is 19.2 Å². The van der Waals surface area contributed by atoms with Crippen LogP contribution in [0.25, 0.3) is 10.9 Å². The summed E-state index contributed by atoms with van der Waals surface area (Å²) in [7, 11) is 1.44. The summed E-state index contributed by atoms with van der Waals surface area (Å²) in [5, 5.41) is 15.3. The molecule has 0 spiro atoms. The first-order valence-electron chi connectivity index (χ1n) is 20.7. The van der Waals surface area contributed by atoms with E-state index in [1.807, 2.05) is 31.7 Å². The van der Waals surface area contributed by atoms with Crippen molar-refractivity contribution >= 4 is 40.1 Å². The fraction of sp³-hybridized carbons (Fsp3) is 0.614. The van der Waals surface area contributed by atoms with Crippen LogP contribution in [0, 0.1) is 34.4 Å². The molecule has 2 N–H and O–H groups in total. The molecule has 1 aromatic heterocycles. The number of carbonyl (C=O) groups excluding carboxylic acids is 4. The van der Waals surface area contributed by atoms with E-state index in [1.54, 1.807) is 16.7 Å². The van der Waals surface area contributed by atoms with Crippen molar-refractivity contribution in [3.63, 3.8) is 0 Å². The van der Waals surface area contributed by atoms with Gasteiger partial charge in [-0.15, -0.1) is 0 Å². The second kappa shape index (κ2) is 14.5. The molecule has 2 unspecified atom stereocenters. The number of esters is 2. The average Bonchev–Trinajstić information content (AvgIpc) is 3.97. The van der Waals surface area contributed by atoms with Gasteiger partial charge in [0, 0.05) is 61.1 Å². The van der Waals surface area contributed by atoms with Crippen LogP contribution in [0.5, 0.6) is 5.75 Å². The first-order chi connectivity index (χ1) is 27.2. The zero-order chi connectivity index (χ0) is 40.6. The Balaban J connectivity index is 1.11. The van der Waals surface area contributed by atoms with E-state index in [1.165, 1.54) is 13.3 Å². The van der Waals surface area contributed by atoms with Gasteiger partial charge in [0.2, 0.25) is 11.2 Å². The van der Waals surface area contributed by atoms with Gasteiger partial charge in [-0.25, -0.2) is 9.18 Å². The Bertz CT molecular complexity index is 2160. The molecule has 2 heterocycles. The van der Waals surface area contributed by atoms with Crippen LogP contribution in [0.1, 0.15) is 102 Å². The minimum atomic E-state index is -1.68. The molecular weight excluding hydrogens is 733 g/mol. The molecule has 0 amide bonds. The minimum absolute atomic E-state index is 0.0211. The summed E-state index contributed by atoms with van der Waals surface area (Å²) < 4.78 is 35.6. The van der Waals surface area contributed by atoms with Crippen molar-refractivity contribution < 1.29 is 42.9 Å². The maximum atomic E-state index is 16.1. The fourth-order valence-electron chi connectivity index (χ4n) is 11.6. The number of carbonyl (C=O) groups is 4. The summed E-state index contributed by atoms with van der Waals surface area (Å²) in [5.74, 6) is -2.99. The molecule has 5 fully saturated rings. The van der Waals surface area contributed by atoms with Gasteiger partial charge < -0.3 is 34.1 Å². The van der Waals surface area contributed by atoms with Gasteiger partial charge in [0.05, 0.1) is 24.1 Å². The minimum Gasteiger partial charge on any atom is -0.492 e. The number of Topliss-reactive ketones (excluding diaryl/α,β-unsaturated/α-hetero) is 1. The number of methoxy groups -OCH3 is 1. The van der Waals surface area contributed by atoms with Crippen molar-refractivity contribution in [3.05, 3.63) is 57.7 Å². The highest BCUT2D eigenvalue weighted by molar-refractivity contribution is 6.01. The maximum Gasteiger partial charge on any atom is 0.344 e. The molecule has 13 heteroatoms. The van der Waals surface area contributed by atoms with Crippen molar-refractivity contribution in [2.24, 2.45) is 28.6 Å². The molecule has 1 aliphatic heterocycles. The molecule has 12 nitrogen and oxygen atoms in total. The second-order valence-electron chi connectivity index (χ2n) is 17.7. The lowest BCUT2D eigenvalue weighted by atomic mass is 9.46. The van der Waals surface area contributed by atoms with Crippen LogP contribution in [0.3, 0.4) is 0 Å². The highest BCUT2D eigenvalue weighted by Crippen LogP contribution is 2.68. The van der Waals surface area contributed by atoms with Gasteiger partial charge in [0.15, 0.2) is 29.6 Å². The lowest BCUT2D eigenvalue weighted by molar-refractivity contribution is -0.200. The Hall–Kier alpha value is -4.36. The molecule has 1 aromatic carbocycles. The second-order valence-corrected chi connectivity index (χ2v) is 17.7. The molecule has 0 radical (unpaired) electrons. The highest BCUT2D eigenvalue weighted by atomic mass is 19.1. The molecule has 57 heavy (non-hydrogen) atoms. The van der Waals surface area contributed by atoms with Crippen molar-refractivity contribution in [2.75, 3.05) is 38.3 Å². The number of rotatable bonds is 10. The molecule has 0 bridgehead atoms. The van der Waals surface area contributed by atoms with Crippen LogP contribution in [-0.4, -0.2) is 84.3 Å². The van der Waals surface area contributed by atoms with E-state index >= 15 is 4.39 Å². The van der Waals surface area contributed by atoms with E-state index in [-0.39, 0.29) is 77.3 Å². The number of hydrogen-bond donors (Lipinski definition) is 2. The monoisotopic (exact) mass is 787 g/mol. The molecule has 5 aliphatic carbocycles. The van der Waals surface area contributed by atoms with Crippen LogP contribution in [0.4, 0.5) is 10.1 Å². The van der Waals surface area contributed by atoms with Gasteiger partial charge >= 0.3 is 11.9 Å². The Labute approximate surface area is 331 Å². The van der Waals surface area contributed by atoms with Gasteiger partial charge in [-0.05, 0) is 88.3 Å². The van der Waals surface area contributed by atoms with Crippen LogP contribution in [-0.2, 0) is 23.9 Å². The van der Waals surface area contributed by atoms with E-state index in [9.17, 15) is 29.1 Å². The van der Waals surface area contributed by atoms with Gasteiger partial charge in [-0.2, -0.15) is 0 Å².